The largest absolute Gasteiger partial charge is 0.370 e. The minimum Gasteiger partial charge on any atom is -0.370 e. The van der Waals surface area contributed by atoms with Crippen molar-refractivity contribution in [3.8, 4) is 0 Å². The summed E-state index contributed by atoms with van der Waals surface area (Å²) in [4.78, 5) is 11.7. The first-order valence-electron chi connectivity index (χ1n) is 7.56. The number of nitrogens with one attached hydrogen (secondary N) is 2. The molecule has 0 saturated carbocycles. The van der Waals surface area contributed by atoms with Crippen LogP contribution in [-0.2, 0) is 14.8 Å². The fraction of sp³-hybridized carbons (Fsp3) is 0.571. The SMILES string of the molecule is Cc1ccc(S(=O)(=O)NCCC[NH+]2CCOCC2)cc1[N+](=O)[O-]. The number of nitrogens with zero attached hydrogens (tertiary/aromatic N) is 1. The van der Waals surface area contributed by atoms with E-state index in [1.54, 1.807) is 6.92 Å². The number of rotatable bonds is 7. The normalized spacial score (nSPS) is 16.4. The van der Waals surface area contributed by atoms with Crippen molar-refractivity contribution in [1.29, 1.82) is 0 Å². The maximum Gasteiger partial charge on any atom is 0.273 e. The van der Waals surface area contributed by atoms with E-state index in [-0.39, 0.29) is 10.6 Å². The highest BCUT2D eigenvalue weighted by molar-refractivity contribution is 7.89. The lowest BCUT2D eigenvalue weighted by Crippen LogP contribution is -3.14. The summed E-state index contributed by atoms with van der Waals surface area (Å²) in [6.07, 6.45) is 0.711. The summed E-state index contributed by atoms with van der Waals surface area (Å²) in [6.45, 7) is 6.14. The summed E-state index contributed by atoms with van der Waals surface area (Å²) in [7, 11) is -3.72. The molecule has 0 unspecified atom stereocenters. The van der Waals surface area contributed by atoms with E-state index in [0.717, 1.165) is 38.9 Å². The van der Waals surface area contributed by atoms with Gasteiger partial charge in [-0.1, -0.05) is 6.07 Å². The van der Waals surface area contributed by atoms with Crippen LogP contribution in [0.5, 0.6) is 0 Å². The van der Waals surface area contributed by atoms with Gasteiger partial charge in [-0.3, -0.25) is 10.1 Å². The van der Waals surface area contributed by atoms with Crippen molar-refractivity contribution in [2.24, 2.45) is 0 Å². The lowest BCUT2D eigenvalue weighted by molar-refractivity contribution is -0.908. The van der Waals surface area contributed by atoms with Crippen LogP contribution in [0.15, 0.2) is 23.1 Å². The number of nitro groups is 1. The third-order valence-electron chi connectivity index (χ3n) is 3.89. The highest BCUT2D eigenvalue weighted by Gasteiger charge is 2.20. The van der Waals surface area contributed by atoms with Gasteiger partial charge in [0.1, 0.15) is 13.1 Å². The highest BCUT2D eigenvalue weighted by Crippen LogP contribution is 2.21. The molecule has 2 N–H and O–H groups in total. The molecule has 0 atom stereocenters. The van der Waals surface area contributed by atoms with E-state index in [1.165, 1.54) is 17.0 Å². The summed E-state index contributed by atoms with van der Waals surface area (Å²) >= 11 is 0. The summed E-state index contributed by atoms with van der Waals surface area (Å²) in [5.41, 5.74) is 0.246. The van der Waals surface area contributed by atoms with Crippen LogP contribution in [0.3, 0.4) is 0 Å². The number of quaternary nitrogens is 1. The van der Waals surface area contributed by atoms with Crippen LogP contribution in [0, 0.1) is 17.0 Å². The first-order chi connectivity index (χ1) is 10.9. The minimum absolute atomic E-state index is 0.0754. The van der Waals surface area contributed by atoms with Gasteiger partial charge in [-0.05, 0) is 13.0 Å². The first kappa shape index (κ1) is 17.8. The number of benzene rings is 1. The van der Waals surface area contributed by atoms with E-state index in [1.807, 2.05) is 0 Å². The Morgan fingerprint density at radius 3 is 2.70 bits per heavy atom. The molecule has 1 aliphatic heterocycles. The van der Waals surface area contributed by atoms with Crippen LogP contribution >= 0.6 is 0 Å². The molecule has 1 heterocycles. The molecule has 1 fully saturated rings. The summed E-state index contributed by atoms with van der Waals surface area (Å²) < 4.78 is 32.2. The van der Waals surface area contributed by atoms with Crippen LogP contribution in [0.1, 0.15) is 12.0 Å². The summed E-state index contributed by atoms with van der Waals surface area (Å²) in [5, 5.41) is 10.9. The second-order valence-electron chi connectivity index (χ2n) is 5.57. The minimum atomic E-state index is -3.72. The Balaban J connectivity index is 1.91. The number of aryl methyl sites for hydroxylation is 1. The summed E-state index contributed by atoms with van der Waals surface area (Å²) in [5.74, 6) is 0. The molecule has 0 aromatic heterocycles. The second-order valence-corrected chi connectivity index (χ2v) is 7.34. The van der Waals surface area contributed by atoms with Crippen LogP contribution in [0.2, 0.25) is 0 Å². The zero-order valence-electron chi connectivity index (χ0n) is 13.1. The molecule has 1 saturated heterocycles. The van der Waals surface area contributed by atoms with Crippen molar-refractivity contribution in [1.82, 2.24) is 4.72 Å². The molecule has 23 heavy (non-hydrogen) atoms. The van der Waals surface area contributed by atoms with Crippen LogP contribution in [-0.4, -0.2) is 52.7 Å². The van der Waals surface area contributed by atoms with E-state index in [0.29, 0.717) is 18.5 Å². The molecular formula is C14H22N3O5S+. The number of nitro benzene ring substituents is 1. The van der Waals surface area contributed by atoms with Crippen molar-refractivity contribution in [2.45, 2.75) is 18.2 Å². The Labute approximate surface area is 135 Å². The molecule has 2 rings (SSSR count). The zero-order valence-corrected chi connectivity index (χ0v) is 13.9. The lowest BCUT2D eigenvalue weighted by atomic mass is 10.2. The molecule has 0 aliphatic carbocycles. The molecule has 0 bridgehead atoms. The Bertz CT molecular complexity index is 656. The van der Waals surface area contributed by atoms with E-state index >= 15 is 0 Å². The molecule has 128 valence electrons. The van der Waals surface area contributed by atoms with Crippen LogP contribution < -0.4 is 9.62 Å². The Morgan fingerprint density at radius 2 is 2.04 bits per heavy atom. The van der Waals surface area contributed by atoms with Crippen LogP contribution in [0.4, 0.5) is 5.69 Å². The molecule has 8 nitrogen and oxygen atoms in total. The highest BCUT2D eigenvalue weighted by atomic mass is 32.2. The molecule has 1 aromatic carbocycles. The molecule has 0 spiro atoms. The molecular weight excluding hydrogens is 322 g/mol. The number of sulfonamides is 1. The topological polar surface area (TPSA) is 103 Å². The zero-order chi connectivity index (χ0) is 16.9. The fourth-order valence-corrected chi connectivity index (χ4v) is 3.59. The fourth-order valence-electron chi connectivity index (χ4n) is 2.49. The van der Waals surface area contributed by atoms with Gasteiger partial charge in [0, 0.05) is 24.6 Å². The maximum atomic E-state index is 12.2. The quantitative estimate of drug-likeness (QED) is 0.394. The molecule has 9 heteroatoms. The van der Waals surface area contributed by atoms with Gasteiger partial charge in [-0.25, -0.2) is 13.1 Å². The van der Waals surface area contributed by atoms with Gasteiger partial charge in [0.25, 0.3) is 5.69 Å². The smallest absolute Gasteiger partial charge is 0.273 e. The van der Waals surface area contributed by atoms with Crippen molar-refractivity contribution in [3.05, 3.63) is 33.9 Å². The third kappa shape index (κ3) is 4.96. The van der Waals surface area contributed by atoms with E-state index in [2.05, 4.69) is 4.72 Å². The van der Waals surface area contributed by atoms with Crippen molar-refractivity contribution in [2.75, 3.05) is 39.4 Å². The monoisotopic (exact) mass is 344 g/mol. The predicted octanol–water partition coefficient (Wildman–Crippen LogP) is -0.513. The van der Waals surface area contributed by atoms with Gasteiger partial charge >= 0.3 is 0 Å². The molecule has 1 aliphatic rings. The van der Waals surface area contributed by atoms with E-state index in [4.69, 9.17) is 4.74 Å². The number of ether oxygens (including phenoxy) is 1. The first-order valence-corrected chi connectivity index (χ1v) is 9.04. The maximum absolute atomic E-state index is 12.2. The Kier molecular flexibility index (Phi) is 6.05. The Hall–Kier alpha value is -1.55. The Morgan fingerprint density at radius 1 is 1.35 bits per heavy atom. The van der Waals surface area contributed by atoms with Gasteiger partial charge < -0.3 is 9.64 Å². The van der Waals surface area contributed by atoms with Crippen molar-refractivity contribution >= 4 is 15.7 Å². The average Bonchev–Trinajstić information content (AvgIpc) is 2.52. The van der Waals surface area contributed by atoms with E-state index in [9.17, 15) is 18.5 Å². The molecule has 0 radical (unpaired) electrons. The van der Waals surface area contributed by atoms with E-state index < -0.39 is 14.9 Å². The van der Waals surface area contributed by atoms with Gasteiger partial charge in [0.2, 0.25) is 10.0 Å². The third-order valence-corrected chi connectivity index (χ3v) is 5.35. The molecule has 0 amide bonds. The predicted molar refractivity (Wildman–Crippen MR) is 84.0 cm³/mol. The van der Waals surface area contributed by atoms with Crippen molar-refractivity contribution in [3.63, 3.8) is 0 Å². The number of hydrogen-bond acceptors (Lipinski definition) is 5. The lowest BCUT2D eigenvalue weighted by Gasteiger charge is -2.23. The number of hydrogen-bond donors (Lipinski definition) is 2. The van der Waals surface area contributed by atoms with Gasteiger partial charge in [-0.15, -0.1) is 0 Å². The second kappa shape index (κ2) is 7.82. The van der Waals surface area contributed by atoms with Gasteiger partial charge in [0.15, 0.2) is 0 Å². The number of morpholine rings is 1. The van der Waals surface area contributed by atoms with Crippen LogP contribution in [0.25, 0.3) is 0 Å². The molecule has 1 aromatic rings. The average molecular weight is 344 g/mol. The van der Waals surface area contributed by atoms with Gasteiger partial charge in [0.05, 0.1) is 29.6 Å². The van der Waals surface area contributed by atoms with Gasteiger partial charge in [-0.2, -0.15) is 0 Å². The standard InChI is InChI=1S/C14H21N3O5S/c1-12-3-4-13(11-14(12)17(18)19)23(20,21)15-5-2-6-16-7-9-22-10-8-16/h3-4,11,15H,2,5-10H2,1H3/p+1. The summed E-state index contributed by atoms with van der Waals surface area (Å²) in [6, 6.07) is 3.94. The van der Waals surface area contributed by atoms with Crippen molar-refractivity contribution < 1.29 is 23.0 Å².